The minimum absolute atomic E-state index is 0.0536. The van der Waals surface area contributed by atoms with Gasteiger partial charge in [-0.15, -0.1) is 0 Å². The van der Waals surface area contributed by atoms with Gasteiger partial charge in [0.15, 0.2) is 0 Å². The Morgan fingerprint density at radius 2 is 2.15 bits per heavy atom. The molecule has 1 aromatic carbocycles. The maximum atomic E-state index is 11.3. The number of carboxylic acid groups (broad SMARTS) is 1. The third kappa shape index (κ3) is 3.19. The van der Waals surface area contributed by atoms with Crippen molar-refractivity contribution in [1.82, 2.24) is 9.97 Å². The van der Waals surface area contributed by atoms with Crippen LogP contribution in [0.1, 0.15) is 27.3 Å². The van der Waals surface area contributed by atoms with E-state index < -0.39 is 5.97 Å². The van der Waals surface area contributed by atoms with Crippen LogP contribution in [0.5, 0.6) is 5.75 Å². The summed E-state index contributed by atoms with van der Waals surface area (Å²) < 4.78 is 5.50. The van der Waals surface area contributed by atoms with Crippen molar-refractivity contribution < 1.29 is 14.6 Å². The van der Waals surface area contributed by atoms with Gasteiger partial charge in [0.25, 0.3) is 0 Å². The summed E-state index contributed by atoms with van der Waals surface area (Å²) in [6.07, 6.45) is 0.526. The molecule has 0 amide bonds. The lowest BCUT2D eigenvalue weighted by molar-refractivity contribution is 0.0690. The van der Waals surface area contributed by atoms with E-state index in [1.807, 2.05) is 24.4 Å². The molecule has 0 aliphatic heterocycles. The second-order valence-corrected chi connectivity index (χ2v) is 7.13. The standard InChI is InChI=1S/C21H18N2O3S/c1-12-8-18-15(10-19(12)26-2)16(20(23-18)13-6-7-27-11-13)9-14-4-3-5-17(22-14)21(24)25/h3-8,10-11,23H,9H2,1-2H3,(H,24,25). The van der Waals surface area contributed by atoms with E-state index in [1.54, 1.807) is 24.5 Å². The molecule has 0 atom stereocenters. The Hall–Kier alpha value is -3.12. The van der Waals surface area contributed by atoms with Crippen LogP contribution in [0.4, 0.5) is 0 Å². The summed E-state index contributed by atoms with van der Waals surface area (Å²) in [5.41, 5.74) is 6.07. The van der Waals surface area contributed by atoms with E-state index in [2.05, 4.69) is 27.5 Å². The zero-order chi connectivity index (χ0) is 19.0. The molecule has 0 radical (unpaired) electrons. The number of thiophene rings is 1. The predicted octanol–water partition coefficient (Wildman–Crippen LogP) is 4.90. The van der Waals surface area contributed by atoms with Gasteiger partial charge in [0, 0.05) is 34.0 Å². The Bertz CT molecular complexity index is 1130. The Morgan fingerprint density at radius 1 is 1.30 bits per heavy atom. The number of aromatic amines is 1. The summed E-state index contributed by atoms with van der Waals surface area (Å²) in [6.45, 7) is 2.01. The highest BCUT2D eigenvalue weighted by Gasteiger charge is 2.17. The molecule has 0 bridgehead atoms. The highest BCUT2D eigenvalue weighted by Crippen LogP contribution is 2.36. The van der Waals surface area contributed by atoms with E-state index in [-0.39, 0.29) is 5.69 Å². The molecule has 2 N–H and O–H groups in total. The van der Waals surface area contributed by atoms with Gasteiger partial charge in [-0.05, 0) is 53.8 Å². The average molecular weight is 378 g/mol. The first-order chi connectivity index (χ1) is 13.1. The first-order valence-electron chi connectivity index (χ1n) is 8.48. The number of aryl methyl sites for hydroxylation is 1. The molecule has 0 saturated heterocycles. The number of fused-ring (bicyclic) bond motifs is 1. The molecule has 0 spiro atoms. The van der Waals surface area contributed by atoms with Gasteiger partial charge in [-0.3, -0.25) is 0 Å². The molecule has 136 valence electrons. The Balaban J connectivity index is 1.90. The molecule has 27 heavy (non-hydrogen) atoms. The fourth-order valence-electron chi connectivity index (χ4n) is 3.32. The van der Waals surface area contributed by atoms with Crippen LogP contribution in [-0.2, 0) is 6.42 Å². The second-order valence-electron chi connectivity index (χ2n) is 6.35. The van der Waals surface area contributed by atoms with Crippen molar-refractivity contribution >= 4 is 28.2 Å². The Kier molecular flexibility index (Phi) is 4.41. The number of pyridine rings is 1. The fourth-order valence-corrected chi connectivity index (χ4v) is 3.97. The highest BCUT2D eigenvalue weighted by molar-refractivity contribution is 7.08. The minimum Gasteiger partial charge on any atom is -0.496 e. The van der Waals surface area contributed by atoms with Crippen LogP contribution in [0.25, 0.3) is 22.2 Å². The van der Waals surface area contributed by atoms with Crippen LogP contribution in [0, 0.1) is 6.92 Å². The molecule has 6 heteroatoms. The number of carboxylic acids is 1. The van der Waals surface area contributed by atoms with Crippen LogP contribution < -0.4 is 4.74 Å². The number of nitrogens with zero attached hydrogens (tertiary/aromatic N) is 1. The van der Waals surface area contributed by atoms with Gasteiger partial charge in [-0.2, -0.15) is 11.3 Å². The summed E-state index contributed by atoms with van der Waals surface area (Å²) in [7, 11) is 1.66. The molecule has 0 aliphatic rings. The van der Waals surface area contributed by atoms with Crippen molar-refractivity contribution in [2.24, 2.45) is 0 Å². The van der Waals surface area contributed by atoms with Crippen molar-refractivity contribution in [3.8, 4) is 17.0 Å². The number of aromatic carboxylic acids is 1. The Labute approximate surface area is 160 Å². The maximum Gasteiger partial charge on any atom is 0.354 e. The number of methoxy groups -OCH3 is 1. The number of H-pyrrole nitrogens is 1. The molecule has 0 fully saturated rings. The lowest BCUT2D eigenvalue weighted by atomic mass is 10.0. The number of carbonyl (C=O) groups is 1. The number of benzene rings is 1. The molecule has 4 rings (SSSR count). The largest absolute Gasteiger partial charge is 0.496 e. The van der Waals surface area contributed by atoms with Crippen LogP contribution in [0.15, 0.2) is 47.2 Å². The summed E-state index contributed by atoms with van der Waals surface area (Å²) in [6, 6.07) is 11.3. The molecule has 0 saturated carbocycles. The van der Waals surface area contributed by atoms with E-state index in [0.717, 1.165) is 39.0 Å². The average Bonchev–Trinajstić information content (AvgIpc) is 3.29. The van der Waals surface area contributed by atoms with Gasteiger partial charge in [0.05, 0.1) is 12.8 Å². The number of hydrogen-bond donors (Lipinski definition) is 2. The number of nitrogens with one attached hydrogen (secondary N) is 1. The molecule has 4 aromatic rings. The smallest absolute Gasteiger partial charge is 0.354 e. The highest BCUT2D eigenvalue weighted by atomic mass is 32.1. The van der Waals surface area contributed by atoms with Crippen molar-refractivity contribution in [1.29, 1.82) is 0 Å². The third-order valence-electron chi connectivity index (χ3n) is 4.62. The SMILES string of the molecule is COc1cc2c(Cc3cccc(C(=O)O)n3)c(-c3ccsc3)[nH]c2cc1C. The number of rotatable bonds is 5. The van der Waals surface area contributed by atoms with Crippen LogP contribution >= 0.6 is 11.3 Å². The summed E-state index contributed by atoms with van der Waals surface area (Å²) in [4.78, 5) is 19.1. The van der Waals surface area contributed by atoms with E-state index in [9.17, 15) is 9.90 Å². The van der Waals surface area contributed by atoms with Crippen molar-refractivity contribution in [3.05, 3.63) is 69.7 Å². The Morgan fingerprint density at radius 3 is 2.85 bits per heavy atom. The first kappa shape index (κ1) is 17.3. The number of ether oxygens (including phenoxy) is 1. The minimum atomic E-state index is -1.02. The third-order valence-corrected chi connectivity index (χ3v) is 5.30. The molecule has 0 unspecified atom stereocenters. The quantitative estimate of drug-likeness (QED) is 0.518. The summed E-state index contributed by atoms with van der Waals surface area (Å²) in [5.74, 6) is -0.196. The van der Waals surface area contributed by atoms with Gasteiger partial charge in [0.1, 0.15) is 11.4 Å². The zero-order valence-electron chi connectivity index (χ0n) is 14.9. The van der Waals surface area contributed by atoms with Gasteiger partial charge >= 0.3 is 5.97 Å². The van der Waals surface area contributed by atoms with Gasteiger partial charge in [0.2, 0.25) is 0 Å². The second kappa shape index (κ2) is 6.89. The molecule has 0 aliphatic carbocycles. The molecule has 3 aromatic heterocycles. The van der Waals surface area contributed by atoms with E-state index in [4.69, 9.17) is 4.74 Å². The zero-order valence-corrected chi connectivity index (χ0v) is 15.8. The van der Waals surface area contributed by atoms with Crippen LogP contribution in [-0.4, -0.2) is 28.2 Å². The molecule has 3 heterocycles. The van der Waals surface area contributed by atoms with E-state index >= 15 is 0 Å². The lowest BCUT2D eigenvalue weighted by Crippen LogP contribution is -2.03. The van der Waals surface area contributed by atoms with Crippen molar-refractivity contribution in [3.63, 3.8) is 0 Å². The molecular weight excluding hydrogens is 360 g/mol. The van der Waals surface area contributed by atoms with E-state index in [1.165, 1.54) is 6.07 Å². The molecular formula is C21H18N2O3S. The van der Waals surface area contributed by atoms with E-state index in [0.29, 0.717) is 12.1 Å². The topological polar surface area (TPSA) is 75.2 Å². The van der Waals surface area contributed by atoms with Crippen molar-refractivity contribution in [2.75, 3.05) is 7.11 Å². The van der Waals surface area contributed by atoms with Crippen LogP contribution in [0.2, 0.25) is 0 Å². The number of hydrogen-bond acceptors (Lipinski definition) is 4. The van der Waals surface area contributed by atoms with Crippen LogP contribution in [0.3, 0.4) is 0 Å². The monoisotopic (exact) mass is 378 g/mol. The fraction of sp³-hybridized carbons (Fsp3) is 0.143. The maximum absolute atomic E-state index is 11.3. The van der Waals surface area contributed by atoms with Gasteiger partial charge < -0.3 is 14.8 Å². The predicted molar refractivity (Wildman–Crippen MR) is 107 cm³/mol. The normalized spacial score (nSPS) is 11.0. The van der Waals surface area contributed by atoms with Gasteiger partial charge in [-0.25, -0.2) is 9.78 Å². The lowest BCUT2D eigenvalue weighted by Gasteiger charge is -2.07. The van der Waals surface area contributed by atoms with Crippen molar-refractivity contribution in [2.45, 2.75) is 13.3 Å². The summed E-state index contributed by atoms with van der Waals surface area (Å²) >= 11 is 1.64. The molecule has 5 nitrogen and oxygen atoms in total. The van der Waals surface area contributed by atoms with Gasteiger partial charge in [-0.1, -0.05) is 6.07 Å². The summed E-state index contributed by atoms with van der Waals surface area (Å²) in [5, 5.41) is 14.4. The first-order valence-corrected chi connectivity index (χ1v) is 9.42. The number of aromatic nitrogens is 2.